The lowest BCUT2D eigenvalue weighted by molar-refractivity contribution is -0.123. The topological polar surface area (TPSA) is 79.2 Å². The summed E-state index contributed by atoms with van der Waals surface area (Å²) in [5.41, 5.74) is 2.01. The normalized spacial score (nSPS) is 21.4. The van der Waals surface area contributed by atoms with Crippen LogP contribution in [-0.4, -0.2) is 39.5 Å². The van der Waals surface area contributed by atoms with Gasteiger partial charge in [-0.2, -0.15) is 5.10 Å². The molecule has 1 fully saturated rings. The molecule has 3 rings (SSSR count). The largest absolute Gasteiger partial charge is 0.392 e. The second-order valence-corrected chi connectivity index (χ2v) is 5.19. The van der Waals surface area contributed by atoms with Gasteiger partial charge in [-0.15, -0.1) is 0 Å². The fourth-order valence-electron chi connectivity index (χ4n) is 2.42. The van der Waals surface area contributed by atoms with E-state index in [9.17, 15) is 9.90 Å². The van der Waals surface area contributed by atoms with Crippen molar-refractivity contribution in [2.24, 2.45) is 0 Å². The minimum atomic E-state index is -0.422. The summed E-state index contributed by atoms with van der Waals surface area (Å²) in [6.45, 7) is 0.961. The minimum absolute atomic E-state index is 0.0669. The molecule has 21 heavy (non-hydrogen) atoms. The number of hydrogen-bond acceptors (Lipinski definition) is 4. The Bertz CT molecular complexity index is 595. The number of carbonyl (C=O) groups is 1. The molecule has 6 nitrogen and oxygen atoms in total. The molecule has 0 spiro atoms. The number of benzene rings is 1. The van der Waals surface area contributed by atoms with Gasteiger partial charge < -0.3 is 15.7 Å². The van der Waals surface area contributed by atoms with Gasteiger partial charge in [-0.05, 0) is 30.2 Å². The molecule has 1 aliphatic heterocycles. The predicted molar refractivity (Wildman–Crippen MR) is 77.8 cm³/mol. The van der Waals surface area contributed by atoms with Crippen LogP contribution in [0.2, 0.25) is 0 Å². The molecular formula is C15H18N4O2. The summed E-state index contributed by atoms with van der Waals surface area (Å²) in [6.07, 6.45) is 3.67. The van der Waals surface area contributed by atoms with Crippen LogP contribution in [0.3, 0.4) is 0 Å². The van der Waals surface area contributed by atoms with Gasteiger partial charge in [0.2, 0.25) is 5.91 Å². The van der Waals surface area contributed by atoms with Gasteiger partial charge in [-0.1, -0.05) is 12.1 Å². The first kappa shape index (κ1) is 13.8. The molecule has 1 aliphatic rings. The van der Waals surface area contributed by atoms with Crippen LogP contribution in [-0.2, 0) is 11.3 Å². The fraction of sp³-hybridized carbons (Fsp3) is 0.333. The SMILES string of the molecule is O=C(NCc1ccc(-n2cccn2)cc1)[C@@H]1C[C@@H](O)CN1. The highest BCUT2D eigenvalue weighted by atomic mass is 16.3. The zero-order valence-corrected chi connectivity index (χ0v) is 11.6. The summed E-state index contributed by atoms with van der Waals surface area (Å²) in [5, 5.41) is 19.4. The van der Waals surface area contributed by atoms with Gasteiger partial charge in [0.1, 0.15) is 0 Å². The van der Waals surface area contributed by atoms with E-state index in [1.165, 1.54) is 0 Å². The number of amides is 1. The number of aliphatic hydroxyl groups is 1. The van der Waals surface area contributed by atoms with Crippen molar-refractivity contribution in [1.29, 1.82) is 0 Å². The van der Waals surface area contributed by atoms with E-state index in [-0.39, 0.29) is 11.9 Å². The quantitative estimate of drug-likeness (QED) is 0.751. The number of β-amino-alcohol motifs (C(OH)–C–C–N with tert-alkyl or cyclic N) is 1. The first-order chi connectivity index (χ1) is 10.2. The van der Waals surface area contributed by atoms with Gasteiger partial charge in [-0.3, -0.25) is 4.79 Å². The smallest absolute Gasteiger partial charge is 0.237 e. The highest BCUT2D eigenvalue weighted by Gasteiger charge is 2.27. The van der Waals surface area contributed by atoms with Crippen LogP contribution in [0.25, 0.3) is 5.69 Å². The Morgan fingerprint density at radius 2 is 2.24 bits per heavy atom. The van der Waals surface area contributed by atoms with E-state index in [1.807, 2.05) is 36.5 Å². The molecule has 0 aliphatic carbocycles. The molecule has 1 saturated heterocycles. The third-order valence-electron chi connectivity index (χ3n) is 3.60. The lowest BCUT2D eigenvalue weighted by Gasteiger charge is -2.11. The van der Waals surface area contributed by atoms with E-state index >= 15 is 0 Å². The molecule has 2 aromatic rings. The Labute approximate surface area is 122 Å². The summed E-state index contributed by atoms with van der Waals surface area (Å²) >= 11 is 0. The third-order valence-corrected chi connectivity index (χ3v) is 3.60. The summed E-state index contributed by atoms with van der Waals surface area (Å²) in [7, 11) is 0. The van der Waals surface area contributed by atoms with Crippen LogP contribution in [0.1, 0.15) is 12.0 Å². The van der Waals surface area contributed by atoms with Crippen LogP contribution >= 0.6 is 0 Å². The second-order valence-electron chi connectivity index (χ2n) is 5.19. The minimum Gasteiger partial charge on any atom is -0.392 e. The second kappa shape index (κ2) is 6.07. The maximum atomic E-state index is 11.9. The summed E-state index contributed by atoms with van der Waals surface area (Å²) in [5.74, 6) is -0.0669. The molecule has 1 aromatic carbocycles. The highest BCUT2D eigenvalue weighted by molar-refractivity contribution is 5.82. The summed E-state index contributed by atoms with van der Waals surface area (Å²) < 4.78 is 1.78. The lowest BCUT2D eigenvalue weighted by atomic mass is 10.1. The Morgan fingerprint density at radius 3 is 2.86 bits per heavy atom. The maximum Gasteiger partial charge on any atom is 0.237 e. The monoisotopic (exact) mass is 286 g/mol. The van der Waals surface area contributed by atoms with Crippen LogP contribution in [0.4, 0.5) is 0 Å². The van der Waals surface area contributed by atoms with Gasteiger partial charge in [0.15, 0.2) is 0 Å². The van der Waals surface area contributed by atoms with Gasteiger partial charge in [-0.25, -0.2) is 4.68 Å². The number of rotatable bonds is 4. The van der Waals surface area contributed by atoms with Crippen LogP contribution in [0, 0.1) is 0 Å². The number of hydrogen-bond donors (Lipinski definition) is 3. The number of carbonyl (C=O) groups excluding carboxylic acids is 1. The van der Waals surface area contributed by atoms with Gasteiger partial charge in [0, 0.05) is 25.5 Å². The van der Waals surface area contributed by atoms with Crippen molar-refractivity contribution in [2.75, 3.05) is 6.54 Å². The Morgan fingerprint density at radius 1 is 1.43 bits per heavy atom. The van der Waals surface area contributed by atoms with Crippen molar-refractivity contribution < 1.29 is 9.90 Å². The molecular weight excluding hydrogens is 268 g/mol. The standard InChI is InChI=1S/C15H18N4O2/c20-13-8-14(16-10-13)15(21)17-9-11-2-4-12(5-3-11)19-7-1-6-18-19/h1-7,13-14,16,20H,8-10H2,(H,17,21)/t13-,14+/m1/s1. The van der Waals surface area contributed by atoms with Crippen molar-refractivity contribution in [3.8, 4) is 5.69 Å². The number of aliphatic hydroxyl groups excluding tert-OH is 1. The molecule has 0 unspecified atom stereocenters. The van der Waals surface area contributed by atoms with Gasteiger partial charge in [0.25, 0.3) is 0 Å². The van der Waals surface area contributed by atoms with Crippen molar-refractivity contribution in [2.45, 2.75) is 25.1 Å². The van der Waals surface area contributed by atoms with Crippen molar-refractivity contribution in [1.82, 2.24) is 20.4 Å². The van der Waals surface area contributed by atoms with Crippen LogP contribution < -0.4 is 10.6 Å². The van der Waals surface area contributed by atoms with E-state index < -0.39 is 6.10 Å². The first-order valence-corrected chi connectivity index (χ1v) is 7.00. The molecule has 3 N–H and O–H groups in total. The molecule has 6 heteroatoms. The number of aromatic nitrogens is 2. The highest BCUT2D eigenvalue weighted by Crippen LogP contribution is 2.09. The average Bonchev–Trinajstić information content (AvgIpc) is 3.16. The summed E-state index contributed by atoms with van der Waals surface area (Å²) in [6, 6.07) is 9.45. The Balaban J connectivity index is 1.55. The summed E-state index contributed by atoms with van der Waals surface area (Å²) in [4.78, 5) is 11.9. The zero-order chi connectivity index (χ0) is 14.7. The van der Waals surface area contributed by atoms with Crippen LogP contribution in [0.5, 0.6) is 0 Å². The molecule has 110 valence electrons. The molecule has 2 heterocycles. The molecule has 0 saturated carbocycles. The van der Waals surface area contributed by atoms with E-state index in [2.05, 4.69) is 15.7 Å². The number of nitrogens with one attached hydrogen (secondary N) is 2. The van der Waals surface area contributed by atoms with E-state index in [1.54, 1.807) is 10.9 Å². The Hall–Kier alpha value is -2.18. The molecule has 2 atom stereocenters. The van der Waals surface area contributed by atoms with Crippen molar-refractivity contribution >= 4 is 5.91 Å². The van der Waals surface area contributed by atoms with Crippen molar-refractivity contribution in [3.63, 3.8) is 0 Å². The lowest BCUT2D eigenvalue weighted by Crippen LogP contribution is -2.39. The van der Waals surface area contributed by atoms with E-state index in [4.69, 9.17) is 0 Å². The maximum absolute atomic E-state index is 11.9. The third kappa shape index (κ3) is 3.29. The van der Waals surface area contributed by atoms with E-state index in [0.717, 1.165) is 11.3 Å². The van der Waals surface area contributed by atoms with Gasteiger partial charge >= 0.3 is 0 Å². The molecule has 0 radical (unpaired) electrons. The van der Waals surface area contributed by atoms with Crippen LogP contribution in [0.15, 0.2) is 42.7 Å². The van der Waals surface area contributed by atoms with E-state index in [0.29, 0.717) is 19.5 Å². The fourth-order valence-corrected chi connectivity index (χ4v) is 2.42. The number of nitrogens with zero attached hydrogens (tertiary/aromatic N) is 2. The molecule has 1 amide bonds. The Kier molecular flexibility index (Phi) is 3.98. The molecule has 0 bridgehead atoms. The average molecular weight is 286 g/mol. The zero-order valence-electron chi connectivity index (χ0n) is 11.6. The predicted octanol–water partition coefficient (Wildman–Crippen LogP) is 0.211. The molecule has 1 aromatic heterocycles. The van der Waals surface area contributed by atoms with Gasteiger partial charge in [0.05, 0.1) is 17.8 Å². The van der Waals surface area contributed by atoms with Crippen molar-refractivity contribution in [3.05, 3.63) is 48.3 Å². The first-order valence-electron chi connectivity index (χ1n) is 7.00.